The van der Waals surface area contributed by atoms with E-state index in [9.17, 15) is 0 Å². The highest BCUT2D eigenvalue weighted by Crippen LogP contribution is 2.33. The molecule has 2 saturated heterocycles. The van der Waals surface area contributed by atoms with Gasteiger partial charge in [-0.1, -0.05) is 6.92 Å². The number of hydrogen-bond donors (Lipinski definition) is 0. The molecule has 0 spiro atoms. The van der Waals surface area contributed by atoms with E-state index in [1.165, 1.54) is 5.69 Å². The second kappa shape index (κ2) is 5.39. The minimum Gasteiger partial charge on any atom is -0.497 e. The number of hydrogen-bond acceptors (Lipinski definition) is 4. The largest absolute Gasteiger partial charge is 0.497 e. The molecule has 0 bridgehead atoms. The Morgan fingerprint density at radius 2 is 1.89 bits per heavy atom. The Kier molecular flexibility index (Phi) is 3.62. The Balaban J connectivity index is 1.82. The Bertz CT molecular complexity index is 420. The molecule has 3 rings (SSSR count). The molecule has 3 atom stereocenters. The molecular weight excluding hydrogens is 242 g/mol. The topological polar surface area (TPSA) is 30.9 Å². The van der Waals surface area contributed by atoms with E-state index in [1.807, 2.05) is 12.1 Å². The van der Waals surface area contributed by atoms with E-state index in [0.29, 0.717) is 5.92 Å². The first-order valence-electron chi connectivity index (χ1n) is 6.93. The van der Waals surface area contributed by atoms with E-state index >= 15 is 0 Å². The molecule has 1 aromatic rings. The van der Waals surface area contributed by atoms with Crippen molar-refractivity contribution >= 4 is 5.69 Å². The zero-order chi connectivity index (χ0) is 13.2. The lowest BCUT2D eigenvalue weighted by Gasteiger charge is -2.28. The van der Waals surface area contributed by atoms with Crippen LogP contribution in [0, 0.1) is 5.92 Å². The van der Waals surface area contributed by atoms with E-state index in [4.69, 9.17) is 14.2 Å². The molecule has 0 aromatic heterocycles. The van der Waals surface area contributed by atoms with Crippen molar-refractivity contribution in [2.75, 3.05) is 31.8 Å². The zero-order valence-corrected chi connectivity index (χ0v) is 11.5. The molecule has 4 heteroatoms. The fourth-order valence-electron chi connectivity index (χ4n) is 2.92. The lowest BCUT2D eigenvalue weighted by atomic mass is 10.1. The molecule has 2 fully saturated rings. The first-order chi connectivity index (χ1) is 9.29. The van der Waals surface area contributed by atoms with Crippen LogP contribution in [0.3, 0.4) is 0 Å². The van der Waals surface area contributed by atoms with Crippen LogP contribution in [0.2, 0.25) is 0 Å². The first-order valence-corrected chi connectivity index (χ1v) is 6.93. The van der Waals surface area contributed by atoms with Gasteiger partial charge in [-0.25, -0.2) is 0 Å². The smallest absolute Gasteiger partial charge is 0.156 e. The quantitative estimate of drug-likeness (QED) is 0.819. The lowest BCUT2D eigenvalue weighted by Crippen LogP contribution is -2.38. The zero-order valence-electron chi connectivity index (χ0n) is 11.5. The second-order valence-corrected chi connectivity index (χ2v) is 5.28. The van der Waals surface area contributed by atoms with Gasteiger partial charge in [0.15, 0.2) is 6.23 Å². The Labute approximate surface area is 114 Å². The maximum Gasteiger partial charge on any atom is 0.156 e. The molecule has 0 aliphatic carbocycles. The van der Waals surface area contributed by atoms with Crippen molar-refractivity contribution in [1.82, 2.24) is 0 Å². The molecule has 2 heterocycles. The van der Waals surface area contributed by atoms with Crippen LogP contribution in [0.25, 0.3) is 0 Å². The third-order valence-corrected chi connectivity index (χ3v) is 3.93. The molecule has 0 radical (unpaired) electrons. The van der Waals surface area contributed by atoms with Gasteiger partial charge in [-0.2, -0.15) is 0 Å². The SMILES string of the molecule is COc1ccc(N2C[C@H](C)[C@H]3OCCCO[C@H]32)cc1. The predicted molar refractivity (Wildman–Crippen MR) is 73.6 cm³/mol. The Hall–Kier alpha value is -1.26. The summed E-state index contributed by atoms with van der Waals surface area (Å²) in [6, 6.07) is 8.15. The summed E-state index contributed by atoms with van der Waals surface area (Å²) in [4.78, 5) is 2.31. The van der Waals surface area contributed by atoms with Crippen LogP contribution in [-0.2, 0) is 9.47 Å². The number of methoxy groups -OCH3 is 1. The van der Waals surface area contributed by atoms with Gasteiger partial charge in [-0.05, 0) is 30.7 Å². The fourth-order valence-corrected chi connectivity index (χ4v) is 2.92. The van der Waals surface area contributed by atoms with E-state index < -0.39 is 0 Å². The van der Waals surface area contributed by atoms with Gasteiger partial charge in [0.2, 0.25) is 0 Å². The third-order valence-electron chi connectivity index (χ3n) is 3.93. The number of fused-ring (bicyclic) bond motifs is 1. The van der Waals surface area contributed by atoms with Gasteiger partial charge in [0.05, 0.1) is 13.7 Å². The molecule has 0 unspecified atom stereocenters. The maximum absolute atomic E-state index is 5.99. The van der Waals surface area contributed by atoms with E-state index in [1.54, 1.807) is 7.11 Å². The van der Waals surface area contributed by atoms with Crippen LogP contribution < -0.4 is 9.64 Å². The van der Waals surface area contributed by atoms with Crippen molar-refractivity contribution in [1.29, 1.82) is 0 Å². The number of rotatable bonds is 2. The van der Waals surface area contributed by atoms with Gasteiger partial charge in [0.25, 0.3) is 0 Å². The molecule has 1 aromatic carbocycles. The summed E-state index contributed by atoms with van der Waals surface area (Å²) >= 11 is 0. The molecule has 19 heavy (non-hydrogen) atoms. The van der Waals surface area contributed by atoms with Crippen LogP contribution in [0.4, 0.5) is 5.69 Å². The van der Waals surface area contributed by atoms with E-state index in [-0.39, 0.29) is 12.3 Å². The third kappa shape index (κ3) is 2.42. The normalized spacial score (nSPS) is 30.8. The van der Waals surface area contributed by atoms with Crippen molar-refractivity contribution in [3.8, 4) is 5.75 Å². The molecule has 0 N–H and O–H groups in total. The molecule has 4 nitrogen and oxygen atoms in total. The van der Waals surface area contributed by atoms with Crippen LogP contribution in [-0.4, -0.2) is 39.2 Å². The average molecular weight is 263 g/mol. The van der Waals surface area contributed by atoms with Gasteiger partial charge < -0.3 is 19.1 Å². The number of nitrogens with zero attached hydrogens (tertiary/aromatic N) is 1. The van der Waals surface area contributed by atoms with Gasteiger partial charge in [0, 0.05) is 24.8 Å². The minimum atomic E-state index is 0.0471. The van der Waals surface area contributed by atoms with Crippen molar-refractivity contribution in [2.24, 2.45) is 5.92 Å². The van der Waals surface area contributed by atoms with Crippen molar-refractivity contribution in [3.05, 3.63) is 24.3 Å². The molecule has 2 aliphatic heterocycles. The predicted octanol–water partition coefficient (Wildman–Crippen LogP) is 2.28. The standard InChI is InChI=1S/C15H21NO3/c1-11-10-16(12-4-6-13(17-2)7-5-12)15-14(11)18-8-3-9-19-15/h4-7,11,14-15H,3,8-10H2,1-2H3/t11-,14+,15+/m0/s1. The van der Waals surface area contributed by atoms with Crippen molar-refractivity contribution in [2.45, 2.75) is 25.7 Å². The van der Waals surface area contributed by atoms with Gasteiger partial charge >= 0.3 is 0 Å². The molecule has 0 saturated carbocycles. The van der Waals surface area contributed by atoms with Crippen LogP contribution in [0.5, 0.6) is 5.75 Å². The molecule has 104 valence electrons. The summed E-state index contributed by atoms with van der Waals surface area (Å²) in [5.74, 6) is 1.37. The first kappa shape index (κ1) is 12.8. The van der Waals surface area contributed by atoms with Crippen molar-refractivity contribution in [3.63, 3.8) is 0 Å². The molecular formula is C15H21NO3. The van der Waals surface area contributed by atoms with Gasteiger partial charge in [-0.15, -0.1) is 0 Å². The van der Waals surface area contributed by atoms with Crippen LogP contribution in [0.15, 0.2) is 24.3 Å². The summed E-state index contributed by atoms with van der Waals surface area (Å²) in [6.07, 6.45) is 1.21. The Morgan fingerprint density at radius 1 is 1.16 bits per heavy atom. The van der Waals surface area contributed by atoms with Crippen molar-refractivity contribution < 1.29 is 14.2 Å². The van der Waals surface area contributed by atoms with Gasteiger partial charge in [-0.3, -0.25) is 0 Å². The van der Waals surface area contributed by atoms with Crippen LogP contribution >= 0.6 is 0 Å². The Morgan fingerprint density at radius 3 is 2.63 bits per heavy atom. The molecule has 0 amide bonds. The lowest BCUT2D eigenvalue weighted by molar-refractivity contribution is -0.0303. The monoisotopic (exact) mass is 263 g/mol. The van der Waals surface area contributed by atoms with Gasteiger partial charge in [0.1, 0.15) is 11.9 Å². The number of anilines is 1. The van der Waals surface area contributed by atoms with Crippen LogP contribution in [0.1, 0.15) is 13.3 Å². The van der Waals surface area contributed by atoms with E-state index in [0.717, 1.165) is 31.9 Å². The summed E-state index contributed by atoms with van der Waals surface area (Å²) in [7, 11) is 1.69. The minimum absolute atomic E-state index is 0.0471. The fraction of sp³-hybridized carbons (Fsp3) is 0.600. The number of ether oxygens (including phenoxy) is 3. The molecule has 2 aliphatic rings. The summed E-state index contributed by atoms with van der Waals surface area (Å²) in [5.41, 5.74) is 1.17. The highest BCUT2D eigenvalue weighted by Gasteiger charge is 2.42. The summed E-state index contributed by atoms with van der Waals surface area (Å²) in [6.45, 7) is 4.79. The maximum atomic E-state index is 5.99. The van der Waals surface area contributed by atoms with E-state index in [2.05, 4.69) is 24.0 Å². The second-order valence-electron chi connectivity index (χ2n) is 5.28. The average Bonchev–Trinajstić information content (AvgIpc) is 2.65. The summed E-state index contributed by atoms with van der Waals surface area (Å²) < 4.78 is 17.1. The highest BCUT2D eigenvalue weighted by atomic mass is 16.6. The highest BCUT2D eigenvalue weighted by molar-refractivity contribution is 5.51. The summed E-state index contributed by atoms with van der Waals surface area (Å²) in [5, 5.41) is 0. The number of benzene rings is 1.